The van der Waals surface area contributed by atoms with Crippen molar-refractivity contribution in [2.45, 2.75) is 79.1 Å². The molecular weight excluding hydrogens is 405 g/mol. The van der Waals surface area contributed by atoms with E-state index in [2.05, 4.69) is 27.7 Å². The first-order valence-electron chi connectivity index (χ1n) is 8.09. The second-order valence-corrected chi connectivity index (χ2v) is 5.65. The Labute approximate surface area is 150 Å². The van der Waals surface area contributed by atoms with Gasteiger partial charge in [0.2, 0.25) is 0 Å². The molecule has 0 amide bonds. The molecule has 0 aliphatic heterocycles. The standard InChI is InChI=1S/C16H36N.BrH.Sn.2H/c1-5-9-13-17(14-10-6-2,15-11-7-3)16-12-8-4;;;;/h5-16H2,1-4H3;1H;;;/q+1;;;;/p-1. The Kier molecular flexibility index (Phi) is 22.9. The van der Waals surface area contributed by atoms with Crippen molar-refractivity contribution in [2.75, 3.05) is 26.2 Å². The maximum absolute atomic E-state index is 2.33. The molecule has 0 fully saturated rings. The van der Waals surface area contributed by atoms with Gasteiger partial charge in [0, 0.05) is 0 Å². The molecule has 3 heteroatoms. The maximum atomic E-state index is 2.33. The van der Waals surface area contributed by atoms with Gasteiger partial charge in [-0.1, -0.05) is 53.4 Å². The van der Waals surface area contributed by atoms with Crippen LogP contribution in [0.1, 0.15) is 79.1 Å². The molecule has 0 spiro atoms. The predicted octanol–water partition coefficient (Wildman–Crippen LogP) is 1.09. The van der Waals surface area contributed by atoms with Crippen molar-refractivity contribution in [3.05, 3.63) is 0 Å². The minimum atomic E-state index is 0. The summed E-state index contributed by atoms with van der Waals surface area (Å²) >= 11 is 0. The molecule has 1 nitrogen and oxygen atoms in total. The van der Waals surface area contributed by atoms with Gasteiger partial charge in [-0.2, -0.15) is 0 Å². The minimum absolute atomic E-state index is 0. The zero-order valence-corrected chi connectivity index (χ0v) is 19.6. The summed E-state index contributed by atoms with van der Waals surface area (Å²) in [6, 6.07) is 0. The van der Waals surface area contributed by atoms with Crippen LogP contribution in [0.3, 0.4) is 0 Å². The Hall–Kier alpha value is 1.24. The average molecular weight is 443 g/mol. The normalized spacial score (nSPS) is 10.7. The third kappa shape index (κ3) is 12.7. The molecule has 2 radical (unpaired) electrons. The third-order valence-corrected chi connectivity index (χ3v) is 3.94. The van der Waals surface area contributed by atoms with Crippen LogP contribution >= 0.6 is 0 Å². The monoisotopic (exact) mass is 443 g/mol. The van der Waals surface area contributed by atoms with Gasteiger partial charge >= 0.3 is 23.9 Å². The summed E-state index contributed by atoms with van der Waals surface area (Å²) in [5, 5.41) is 0. The molecule has 0 aromatic rings. The van der Waals surface area contributed by atoms with E-state index >= 15 is 0 Å². The number of nitrogens with zero attached hydrogens (tertiary/aromatic N) is 1. The fourth-order valence-corrected chi connectivity index (χ4v) is 2.64. The summed E-state index contributed by atoms with van der Waals surface area (Å²) in [5.74, 6) is 0. The SMILES string of the molecule is CCCC[N+](CCCC)(CCCC)CCCC.[Br-].[SnH2]. The average Bonchev–Trinajstić information content (AvgIpc) is 2.37. The van der Waals surface area contributed by atoms with Crippen LogP contribution in [-0.4, -0.2) is 54.6 Å². The molecule has 0 aromatic heterocycles. The number of hydrogen-bond donors (Lipinski definition) is 0. The molecule has 0 unspecified atom stereocenters. The first kappa shape index (κ1) is 25.2. The van der Waals surface area contributed by atoms with Crippen LogP contribution in [0.2, 0.25) is 0 Å². The molecule has 0 saturated carbocycles. The van der Waals surface area contributed by atoms with Gasteiger partial charge in [0.1, 0.15) is 0 Å². The van der Waals surface area contributed by atoms with Crippen LogP contribution < -0.4 is 17.0 Å². The molecule has 19 heavy (non-hydrogen) atoms. The molecule has 0 aromatic carbocycles. The van der Waals surface area contributed by atoms with E-state index in [1.807, 2.05) is 0 Å². The van der Waals surface area contributed by atoms with E-state index in [1.54, 1.807) is 0 Å². The fourth-order valence-electron chi connectivity index (χ4n) is 2.64. The quantitative estimate of drug-likeness (QED) is 0.313. The number of quaternary nitrogens is 1. The summed E-state index contributed by atoms with van der Waals surface area (Å²) in [7, 11) is 0. The number of rotatable bonds is 12. The topological polar surface area (TPSA) is 0 Å². The van der Waals surface area contributed by atoms with E-state index < -0.39 is 0 Å². The Morgan fingerprint density at radius 3 is 0.895 bits per heavy atom. The molecule has 0 aliphatic rings. The van der Waals surface area contributed by atoms with Crippen molar-refractivity contribution in [1.82, 2.24) is 0 Å². The third-order valence-electron chi connectivity index (χ3n) is 3.94. The van der Waals surface area contributed by atoms with Gasteiger partial charge in [0.25, 0.3) is 0 Å². The zero-order chi connectivity index (χ0) is 13.0. The Morgan fingerprint density at radius 1 is 0.526 bits per heavy atom. The van der Waals surface area contributed by atoms with E-state index in [0.29, 0.717) is 0 Å². The van der Waals surface area contributed by atoms with Gasteiger partial charge in [-0.3, -0.25) is 0 Å². The Bertz CT molecular complexity index is 127. The van der Waals surface area contributed by atoms with Crippen molar-refractivity contribution in [1.29, 1.82) is 0 Å². The first-order chi connectivity index (χ1) is 8.24. The van der Waals surface area contributed by atoms with Crippen LogP contribution in [-0.2, 0) is 0 Å². The van der Waals surface area contributed by atoms with Crippen LogP contribution in [0.5, 0.6) is 0 Å². The van der Waals surface area contributed by atoms with Crippen molar-refractivity contribution >= 4 is 23.9 Å². The summed E-state index contributed by atoms with van der Waals surface area (Å²) in [4.78, 5) is 0. The molecule has 0 N–H and O–H groups in total. The van der Waals surface area contributed by atoms with Crippen LogP contribution in [0.25, 0.3) is 0 Å². The zero-order valence-electron chi connectivity index (χ0n) is 14.0. The van der Waals surface area contributed by atoms with Crippen molar-refractivity contribution in [3.63, 3.8) is 0 Å². The molecule has 0 atom stereocenters. The van der Waals surface area contributed by atoms with E-state index in [-0.39, 0.29) is 40.9 Å². The van der Waals surface area contributed by atoms with Gasteiger partial charge in [-0.15, -0.1) is 0 Å². The molecule has 0 rings (SSSR count). The Balaban J connectivity index is -0.00000128. The van der Waals surface area contributed by atoms with Crippen molar-refractivity contribution < 1.29 is 21.5 Å². The number of hydrogen-bond acceptors (Lipinski definition) is 0. The van der Waals surface area contributed by atoms with Gasteiger partial charge < -0.3 is 21.5 Å². The number of halogens is 1. The molecule has 0 heterocycles. The van der Waals surface area contributed by atoms with Gasteiger partial charge in [-0.25, -0.2) is 0 Å². The van der Waals surface area contributed by atoms with E-state index in [1.165, 1.54) is 82.0 Å². The predicted molar refractivity (Wildman–Crippen MR) is 87.9 cm³/mol. The van der Waals surface area contributed by atoms with E-state index in [0.717, 1.165) is 0 Å². The first-order valence-corrected chi connectivity index (χ1v) is 8.09. The van der Waals surface area contributed by atoms with Gasteiger partial charge in [-0.05, 0) is 25.7 Å². The van der Waals surface area contributed by atoms with Crippen LogP contribution in [0.4, 0.5) is 0 Å². The van der Waals surface area contributed by atoms with Gasteiger partial charge in [0.15, 0.2) is 0 Å². The molecule has 0 bridgehead atoms. The van der Waals surface area contributed by atoms with Crippen molar-refractivity contribution in [3.8, 4) is 0 Å². The molecule has 0 aliphatic carbocycles. The van der Waals surface area contributed by atoms with Crippen LogP contribution in [0, 0.1) is 0 Å². The van der Waals surface area contributed by atoms with Crippen molar-refractivity contribution in [2.24, 2.45) is 0 Å². The fraction of sp³-hybridized carbons (Fsp3) is 1.00. The molecule has 118 valence electrons. The number of unbranched alkanes of at least 4 members (excludes halogenated alkanes) is 4. The summed E-state index contributed by atoms with van der Waals surface area (Å²) < 4.78 is 1.42. The second-order valence-electron chi connectivity index (χ2n) is 5.65. The van der Waals surface area contributed by atoms with E-state index in [9.17, 15) is 0 Å². The summed E-state index contributed by atoms with van der Waals surface area (Å²) in [6.07, 6.45) is 11.1. The van der Waals surface area contributed by atoms with Crippen LogP contribution in [0.15, 0.2) is 0 Å². The summed E-state index contributed by atoms with van der Waals surface area (Å²) in [5.41, 5.74) is 0. The summed E-state index contributed by atoms with van der Waals surface area (Å²) in [6.45, 7) is 15.0. The molecule has 0 saturated heterocycles. The molecular formula is C16H38BrNSn. The van der Waals surface area contributed by atoms with E-state index in [4.69, 9.17) is 0 Å². The van der Waals surface area contributed by atoms with Gasteiger partial charge in [0.05, 0.1) is 26.2 Å². The second kappa shape index (κ2) is 17.3. The Morgan fingerprint density at radius 2 is 0.737 bits per heavy atom.